The highest BCUT2D eigenvalue weighted by molar-refractivity contribution is 7.94. The average Bonchev–Trinajstić information content (AvgIpc) is 2.91. The predicted molar refractivity (Wildman–Crippen MR) is 80.8 cm³/mol. The Morgan fingerprint density at radius 2 is 2.10 bits per heavy atom. The first-order valence-corrected chi connectivity index (χ1v) is 8.41. The number of anilines is 1. The van der Waals surface area contributed by atoms with Crippen molar-refractivity contribution in [1.29, 1.82) is 0 Å². The van der Waals surface area contributed by atoms with E-state index in [0.29, 0.717) is 12.3 Å². The van der Waals surface area contributed by atoms with Gasteiger partial charge in [0.05, 0.1) is 12.8 Å². The second kappa shape index (κ2) is 6.42. The molecule has 8 heteroatoms. The summed E-state index contributed by atoms with van der Waals surface area (Å²) in [4.78, 5) is 0. The summed E-state index contributed by atoms with van der Waals surface area (Å²) < 4.78 is 45.5. The lowest BCUT2D eigenvalue weighted by Crippen LogP contribution is -2.13. The normalized spacial score (nSPS) is 11.4. The number of halogens is 1. The van der Waals surface area contributed by atoms with Crippen LogP contribution >= 0.6 is 11.3 Å². The summed E-state index contributed by atoms with van der Waals surface area (Å²) in [6.45, 7) is 0.569. The third-order valence-corrected chi connectivity index (χ3v) is 5.55. The first kappa shape index (κ1) is 15.7. The highest BCUT2D eigenvalue weighted by atomic mass is 32.2. The fourth-order valence-corrected chi connectivity index (χ4v) is 3.96. The van der Waals surface area contributed by atoms with Gasteiger partial charge < -0.3 is 10.1 Å². The summed E-state index contributed by atoms with van der Waals surface area (Å²) >= 11 is 1.09. The van der Waals surface area contributed by atoms with Gasteiger partial charge in [-0.3, -0.25) is 4.72 Å². The van der Waals surface area contributed by atoms with Crippen LogP contribution < -0.4 is 14.8 Å². The van der Waals surface area contributed by atoms with Gasteiger partial charge in [0.15, 0.2) is 0 Å². The first-order valence-electron chi connectivity index (χ1n) is 6.04. The minimum atomic E-state index is -3.81. The summed E-state index contributed by atoms with van der Waals surface area (Å²) in [6, 6.07) is 5.43. The van der Waals surface area contributed by atoms with Crippen LogP contribution in [0.4, 0.5) is 10.1 Å². The van der Waals surface area contributed by atoms with Crippen LogP contribution in [0, 0.1) is 5.82 Å². The van der Waals surface area contributed by atoms with Gasteiger partial charge >= 0.3 is 0 Å². The highest BCUT2D eigenvalue weighted by Crippen LogP contribution is 2.26. The van der Waals surface area contributed by atoms with E-state index in [9.17, 15) is 12.8 Å². The van der Waals surface area contributed by atoms with E-state index in [1.54, 1.807) is 18.5 Å². The number of benzene rings is 1. The van der Waals surface area contributed by atoms with Crippen LogP contribution in [0.2, 0.25) is 0 Å². The van der Waals surface area contributed by atoms with Gasteiger partial charge in [-0.25, -0.2) is 12.8 Å². The number of ether oxygens (including phenoxy) is 1. The van der Waals surface area contributed by atoms with E-state index >= 15 is 0 Å². The molecule has 0 bridgehead atoms. The third-order valence-electron chi connectivity index (χ3n) is 2.69. The van der Waals surface area contributed by atoms with Crippen LogP contribution in [0.3, 0.4) is 0 Å². The fraction of sp³-hybridized carbons (Fsp3) is 0.231. The van der Waals surface area contributed by atoms with E-state index in [1.165, 1.54) is 19.2 Å². The summed E-state index contributed by atoms with van der Waals surface area (Å²) in [7, 11) is -0.614. The summed E-state index contributed by atoms with van der Waals surface area (Å²) in [6.07, 6.45) is 0. The van der Waals surface area contributed by atoms with Crippen LogP contribution in [0.25, 0.3) is 0 Å². The Kier molecular flexibility index (Phi) is 4.81. The summed E-state index contributed by atoms with van der Waals surface area (Å²) in [5, 5.41) is 4.68. The standard InChI is InChI=1S/C13H15FN2O3S2/c1-15-7-9-5-13(20-8-9)21(17,18)16-12-6-10(19-2)3-4-11(12)14/h3-6,8,15-16H,7H2,1-2H3. The molecule has 2 N–H and O–H groups in total. The molecule has 0 saturated heterocycles. The Labute approximate surface area is 126 Å². The molecule has 1 aromatic heterocycles. The number of nitrogens with one attached hydrogen (secondary N) is 2. The van der Waals surface area contributed by atoms with Gasteiger partial charge in [-0.2, -0.15) is 0 Å². The molecule has 0 fully saturated rings. The summed E-state index contributed by atoms with van der Waals surface area (Å²) in [5.41, 5.74) is 0.715. The molecule has 5 nitrogen and oxygen atoms in total. The zero-order valence-electron chi connectivity index (χ0n) is 11.5. The summed E-state index contributed by atoms with van der Waals surface area (Å²) in [5.74, 6) is -0.289. The minimum absolute atomic E-state index is 0.134. The Morgan fingerprint density at radius 3 is 2.76 bits per heavy atom. The van der Waals surface area contributed by atoms with Crippen molar-refractivity contribution < 1.29 is 17.5 Å². The van der Waals surface area contributed by atoms with Crippen molar-refractivity contribution in [2.24, 2.45) is 0 Å². The maximum Gasteiger partial charge on any atom is 0.271 e. The van der Waals surface area contributed by atoms with E-state index < -0.39 is 15.8 Å². The lowest BCUT2D eigenvalue weighted by molar-refractivity contribution is 0.414. The number of sulfonamides is 1. The topological polar surface area (TPSA) is 67.4 Å². The van der Waals surface area contributed by atoms with Crippen molar-refractivity contribution in [1.82, 2.24) is 5.32 Å². The maximum absolute atomic E-state index is 13.7. The second-order valence-electron chi connectivity index (χ2n) is 4.26. The van der Waals surface area contributed by atoms with Gasteiger partial charge in [-0.1, -0.05) is 0 Å². The van der Waals surface area contributed by atoms with Gasteiger partial charge in [0.1, 0.15) is 15.8 Å². The monoisotopic (exact) mass is 330 g/mol. The SMILES string of the molecule is CNCc1csc(S(=O)(=O)Nc2cc(OC)ccc2F)c1. The van der Waals surface area contributed by atoms with Crippen molar-refractivity contribution in [2.75, 3.05) is 18.9 Å². The number of thiophene rings is 1. The molecule has 0 saturated carbocycles. The Bertz CT molecular complexity index is 729. The minimum Gasteiger partial charge on any atom is -0.497 e. The molecule has 0 aliphatic carbocycles. The van der Waals surface area contributed by atoms with Crippen molar-refractivity contribution in [3.8, 4) is 5.75 Å². The van der Waals surface area contributed by atoms with E-state index in [0.717, 1.165) is 23.0 Å². The number of hydrogen-bond acceptors (Lipinski definition) is 5. The second-order valence-corrected chi connectivity index (χ2v) is 7.08. The zero-order valence-corrected chi connectivity index (χ0v) is 13.1. The molecular weight excluding hydrogens is 315 g/mol. The van der Waals surface area contributed by atoms with E-state index in [1.807, 2.05) is 0 Å². The van der Waals surface area contributed by atoms with Gasteiger partial charge in [0.2, 0.25) is 0 Å². The molecule has 0 aliphatic rings. The molecule has 114 valence electrons. The molecular formula is C13H15FN2O3S2. The van der Waals surface area contributed by atoms with Crippen LogP contribution in [0.5, 0.6) is 5.75 Å². The van der Waals surface area contributed by atoms with E-state index in [2.05, 4.69) is 10.0 Å². The quantitative estimate of drug-likeness (QED) is 0.853. The zero-order chi connectivity index (χ0) is 15.5. The lowest BCUT2D eigenvalue weighted by Gasteiger charge is -2.09. The van der Waals surface area contributed by atoms with Crippen molar-refractivity contribution >= 4 is 27.0 Å². The number of methoxy groups -OCH3 is 1. The van der Waals surface area contributed by atoms with Crippen LogP contribution in [-0.2, 0) is 16.6 Å². The number of hydrogen-bond donors (Lipinski definition) is 2. The molecule has 0 atom stereocenters. The molecule has 0 unspecified atom stereocenters. The Morgan fingerprint density at radius 1 is 1.33 bits per heavy atom. The van der Waals surface area contributed by atoms with Crippen LogP contribution in [0.15, 0.2) is 33.9 Å². The lowest BCUT2D eigenvalue weighted by atomic mass is 10.3. The Hall–Kier alpha value is -1.64. The molecule has 0 amide bonds. The highest BCUT2D eigenvalue weighted by Gasteiger charge is 2.19. The van der Waals surface area contributed by atoms with Crippen molar-refractivity contribution in [3.63, 3.8) is 0 Å². The van der Waals surface area contributed by atoms with Crippen molar-refractivity contribution in [2.45, 2.75) is 10.8 Å². The molecule has 0 aliphatic heterocycles. The third kappa shape index (κ3) is 3.72. The van der Waals surface area contributed by atoms with Gasteiger partial charge in [-0.15, -0.1) is 11.3 Å². The molecule has 2 rings (SSSR count). The Balaban J connectivity index is 2.28. The first-order chi connectivity index (χ1) is 9.96. The number of rotatable bonds is 6. The fourth-order valence-electron chi connectivity index (χ4n) is 1.70. The largest absolute Gasteiger partial charge is 0.497 e. The molecule has 1 heterocycles. The van der Waals surface area contributed by atoms with Gasteiger partial charge in [0, 0.05) is 12.6 Å². The molecule has 21 heavy (non-hydrogen) atoms. The van der Waals surface area contributed by atoms with Crippen LogP contribution in [-0.4, -0.2) is 22.6 Å². The van der Waals surface area contributed by atoms with Gasteiger partial charge in [-0.05, 0) is 36.2 Å². The van der Waals surface area contributed by atoms with Crippen molar-refractivity contribution in [3.05, 3.63) is 41.0 Å². The molecule has 1 aromatic carbocycles. The molecule has 0 radical (unpaired) electrons. The predicted octanol–water partition coefficient (Wildman–Crippen LogP) is 2.42. The average molecular weight is 330 g/mol. The van der Waals surface area contributed by atoms with Crippen LogP contribution in [0.1, 0.15) is 5.56 Å². The molecule has 0 spiro atoms. The van der Waals surface area contributed by atoms with E-state index in [4.69, 9.17) is 4.74 Å². The molecule has 2 aromatic rings. The smallest absolute Gasteiger partial charge is 0.271 e. The van der Waals surface area contributed by atoms with E-state index in [-0.39, 0.29) is 9.90 Å². The van der Waals surface area contributed by atoms with Gasteiger partial charge in [0.25, 0.3) is 10.0 Å². The maximum atomic E-state index is 13.7.